The number of amidine groups is 1. The smallest absolute Gasteiger partial charge is 0.269 e. The molecule has 1 saturated heterocycles. The molecule has 4 rings (SSSR count). The monoisotopic (exact) mass is 352 g/mol. The predicted octanol–water partition coefficient (Wildman–Crippen LogP) is 2.21. The summed E-state index contributed by atoms with van der Waals surface area (Å²) in [4.78, 5) is 12.9. The Bertz CT molecular complexity index is 889. The number of benzene rings is 2. The molecule has 7 heteroatoms. The highest BCUT2D eigenvalue weighted by molar-refractivity contribution is 5.92. The van der Waals surface area contributed by atoms with Crippen LogP contribution in [0.5, 0.6) is 0 Å². The zero-order valence-corrected chi connectivity index (χ0v) is 15.0. The zero-order chi connectivity index (χ0) is 18.4. The van der Waals surface area contributed by atoms with Gasteiger partial charge >= 0.3 is 0 Å². The van der Waals surface area contributed by atoms with Crippen molar-refractivity contribution in [3.63, 3.8) is 0 Å². The van der Waals surface area contributed by atoms with E-state index in [-0.39, 0.29) is 28.7 Å². The molecule has 26 heavy (non-hydrogen) atoms. The summed E-state index contributed by atoms with van der Waals surface area (Å²) in [5, 5.41) is 18.2. The number of hydrogen-bond donors (Lipinski definition) is 2. The summed E-state index contributed by atoms with van der Waals surface area (Å²) in [6, 6.07) is 15.3. The number of non-ortho nitro benzene ring substituents is 1. The Labute approximate surface area is 152 Å². The Balaban J connectivity index is 1.79. The number of fused-ring (bicyclic) bond motifs is 2. The molecular formula is C19H22N5O2+. The summed E-state index contributed by atoms with van der Waals surface area (Å²) in [7, 11) is 6.15. The van der Waals surface area contributed by atoms with Crippen molar-refractivity contribution in [2.24, 2.45) is 0 Å². The van der Waals surface area contributed by atoms with Gasteiger partial charge in [-0.25, -0.2) is 0 Å². The fraction of sp³-hybridized carbons (Fsp3) is 0.316. The molecule has 2 aliphatic rings. The van der Waals surface area contributed by atoms with Crippen LogP contribution in [0.1, 0.15) is 11.5 Å². The first-order valence-corrected chi connectivity index (χ1v) is 8.61. The Morgan fingerprint density at radius 2 is 1.73 bits per heavy atom. The molecule has 2 aromatic rings. The van der Waals surface area contributed by atoms with Gasteiger partial charge in [0.05, 0.1) is 30.4 Å². The second-order valence-corrected chi connectivity index (χ2v) is 6.99. The number of likely N-dealkylation sites (N-methyl/N-ethyl adjacent to an activating group) is 1. The second kappa shape index (κ2) is 6.01. The number of nitro benzene ring substituents is 1. The van der Waals surface area contributed by atoms with Gasteiger partial charge in [-0.2, -0.15) is 0 Å². The molecule has 0 radical (unpaired) electrons. The molecule has 134 valence electrons. The maximum absolute atomic E-state index is 11.0. The van der Waals surface area contributed by atoms with Crippen LogP contribution in [-0.4, -0.2) is 48.7 Å². The average Bonchev–Trinajstić information content (AvgIpc) is 3.02. The minimum Gasteiger partial charge on any atom is -0.363 e. The molecule has 1 fully saturated rings. The topological polar surface area (TPSA) is 73.4 Å². The van der Waals surface area contributed by atoms with Crippen molar-refractivity contribution in [2.45, 2.75) is 18.1 Å². The lowest BCUT2D eigenvalue weighted by Gasteiger charge is -2.38. The van der Waals surface area contributed by atoms with Gasteiger partial charge in [-0.1, -0.05) is 24.3 Å². The molecule has 0 aromatic heterocycles. The van der Waals surface area contributed by atoms with E-state index in [4.69, 9.17) is 0 Å². The Morgan fingerprint density at radius 3 is 2.38 bits per heavy atom. The van der Waals surface area contributed by atoms with Crippen molar-refractivity contribution in [1.29, 1.82) is 0 Å². The van der Waals surface area contributed by atoms with Crippen molar-refractivity contribution in [3.05, 3.63) is 64.2 Å². The molecule has 0 aliphatic carbocycles. The van der Waals surface area contributed by atoms with Crippen molar-refractivity contribution >= 4 is 22.9 Å². The predicted molar refractivity (Wildman–Crippen MR) is 102 cm³/mol. The fourth-order valence-electron chi connectivity index (χ4n) is 4.05. The van der Waals surface area contributed by atoms with E-state index >= 15 is 0 Å². The van der Waals surface area contributed by atoms with Crippen LogP contribution in [0.3, 0.4) is 0 Å². The molecule has 2 N–H and O–H groups in total. The third-order valence-corrected chi connectivity index (χ3v) is 5.27. The Morgan fingerprint density at radius 1 is 1.04 bits per heavy atom. The van der Waals surface area contributed by atoms with Crippen LogP contribution in [0.4, 0.5) is 17.1 Å². The van der Waals surface area contributed by atoms with Gasteiger partial charge in [0.2, 0.25) is 0 Å². The van der Waals surface area contributed by atoms with Crippen LogP contribution < -0.4 is 15.5 Å². The summed E-state index contributed by atoms with van der Waals surface area (Å²) in [5.74, 6) is 1.18. The Hall–Kier alpha value is -3.09. The van der Waals surface area contributed by atoms with Gasteiger partial charge < -0.3 is 10.2 Å². The van der Waals surface area contributed by atoms with Gasteiger partial charge in [-0.15, -0.1) is 0 Å². The number of anilines is 2. The molecule has 2 aromatic carbocycles. The van der Waals surface area contributed by atoms with E-state index in [2.05, 4.69) is 39.3 Å². The molecule has 0 saturated carbocycles. The summed E-state index contributed by atoms with van der Waals surface area (Å²) in [6.45, 7) is 0. The van der Waals surface area contributed by atoms with Crippen LogP contribution in [0.2, 0.25) is 0 Å². The van der Waals surface area contributed by atoms with Gasteiger partial charge in [0, 0.05) is 19.2 Å². The Kier molecular flexibility index (Phi) is 3.79. The van der Waals surface area contributed by atoms with Gasteiger partial charge in [0.15, 0.2) is 6.17 Å². The van der Waals surface area contributed by atoms with E-state index in [1.165, 1.54) is 0 Å². The normalized spacial score (nSPS) is 23.6. The lowest BCUT2D eigenvalue weighted by atomic mass is 9.89. The van der Waals surface area contributed by atoms with E-state index in [1.54, 1.807) is 12.1 Å². The van der Waals surface area contributed by atoms with Gasteiger partial charge in [-0.3, -0.25) is 20.0 Å². The number of rotatable bonds is 2. The lowest BCUT2D eigenvalue weighted by Crippen LogP contribution is -2.51. The third kappa shape index (κ3) is 2.47. The van der Waals surface area contributed by atoms with Crippen molar-refractivity contribution in [2.75, 3.05) is 31.4 Å². The maximum Gasteiger partial charge on any atom is 0.269 e. The minimum absolute atomic E-state index is 0.0625. The minimum atomic E-state index is -0.361. The van der Waals surface area contributed by atoms with Crippen LogP contribution in [0.25, 0.3) is 0 Å². The summed E-state index contributed by atoms with van der Waals surface area (Å²) in [5.41, 5.74) is 3.43. The van der Waals surface area contributed by atoms with Gasteiger partial charge in [0.25, 0.3) is 11.5 Å². The van der Waals surface area contributed by atoms with Gasteiger partial charge in [-0.05, 0) is 17.7 Å². The largest absolute Gasteiger partial charge is 0.363 e. The SMILES string of the molecule is CN1c2ccccc2N[C@H]2NC(=[N+](C)C)[C@@H](c3ccc([N+](=O)[O-])cc3)[C@@H]21. The van der Waals surface area contributed by atoms with E-state index in [0.29, 0.717) is 0 Å². The van der Waals surface area contributed by atoms with E-state index in [9.17, 15) is 10.1 Å². The zero-order valence-electron chi connectivity index (χ0n) is 15.0. The second-order valence-electron chi connectivity index (χ2n) is 6.99. The number of nitrogens with zero attached hydrogens (tertiary/aromatic N) is 3. The number of hydrogen-bond acceptors (Lipinski definition) is 4. The molecule has 3 atom stereocenters. The molecule has 7 nitrogen and oxygen atoms in total. The quantitative estimate of drug-likeness (QED) is 0.492. The fourth-order valence-corrected chi connectivity index (χ4v) is 4.05. The van der Waals surface area contributed by atoms with Crippen LogP contribution in [-0.2, 0) is 0 Å². The average molecular weight is 352 g/mol. The van der Waals surface area contributed by atoms with Gasteiger partial charge in [0.1, 0.15) is 12.0 Å². The molecule has 2 aliphatic heterocycles. The first-order valence-electron chi connectivity index (χ1n) is 8.61. The molecular weight excluding hydrogens is 330 g/mol. The summed E-state index contributed by atoms with van der Waals surface area (Å²) in [6.07, 6.45) is 0.0625. The first-order chi connectivity index (χ1) is 12.5. The van der Waals surface area contributed by atoms with Crippen LogP contribution in [0.15, 0.2) is 48.5 Å². The first kappa shape index (κ1) is 16.4. The molecule has 0 bridgehead atoms. The summed E-state index contributed by atoms with van der Waals surface area (Å²) < 4.78 is 2.09. The van der Waals surface area contributed by atoms with Crippen molar-refractivity contribution < 1.29 is 9.50 Å². The molecule has 0 unspecified atom stereocenters. The van der Waals surface area contributed by atoms with E-state index in [0.717, 1.165) is 22.8 Å². The highest BCUT2D eigenvalue weighted by atomic mass is 16.6. The van der Waals surface area contributed by atoms with E-state index < -0.39 is 0 Å². The van der Waals surface area contributed by atoms with Crippen LogP contribution in [0, 0.1) is 10.1 Å². The molecule has 0 spiro atoms. The molecule has 0 amide bonds. The highest BCUT2D eigenvalue weighted by Gasteiger charge is 2.51. The van der Waals surface area contributed by atoms with E-state index in [1.807, 2.05) is 38.4 Å². The standard InChI is InChI=1S/C19H21N5O2/c1-22(2)19-16(12-8-10-13(11-9-12)24(25)26)17-18(21-19)20-14-6-4-5-7-15(14)23(17)3/h4-11,16-18,20H,1-3H3/p+1/t16-,17-,18-/m0/s1. The maximum atomic E-state index is 11.0. The number of nitrogens with one attached hydrogen (secondary N) is 2. The van der Waals surface area contributed by atoms with Crippen molar-refractivity contribution in [1.82, 2.24) is 5.32 Å². The highest BCUT2D eigenvalue weighted by Crippen LogP contribution is 2.40. The lowest BCUT2D eigenvalue weighted by molar-refractivity contribution is -0.468. The van der Waals surface area contributed by atoms with Crippen molar-refractivity contribution in [3.8, 4) is 0 Å². The third-order valence-electron chi connectivity index (χ3n) is 5.27. The number of para-hydroxylation sites is 2. The molecule has 2 heterocycles. The van der Waals surface area contributed by atoms with Crippen LogP contribution >= 0.6 is 0 Å². The summed E-state index contributed by atoms with van der Waals surface area (Å²) >= 11 is 0. The number of nitro groups is 1.